The van der Waals surface area contributed by atoms with Gasteiger partial charge in [-0.1, -0.05) is 81.4 Å². The molecule has 56 heavy (non-hydrogen) atoms. The van der Waals surface area contributed by atoms with E-state index in [1.165, 1.54) is 0 Å². The van der Waals surface area contributed by atoms with Crippen LogP contribution in [0.2, 0.25) is 0 Å². The topological polar surface area (TPSA) is 212 Å². The average Bonchev–Trinajstić information content (AvgIpc) is 3.56. The Morgan fingerprint density at radius 2 is 1.36 bits per heavy atom. The Labute approximate surface area is 334 Å². The number of rotatable bonds is 15. The van der Waals surface area contributed by atoms with Crippen molar-refractivity contribution in [1.29, 1.82) is 0 Å². The molecule has 0 aliphatic heterocycles. The molecule has 0 aromatic heterocycles. The summed E-state index contributed by atoms with van der Waals surface area (Å²) in [5.74, 6) is 1.06. The van der Waals surface area contributed by atoms with Gasteiger partial charge in [0.1, 0.15) is 0 Å². The van der Waals surface area contributed by atoms with E-state index in [0.29, 0.717) is 24.7 Å². The highest BCUT2D eigenvalue weighted by Gasteiger charge is 2.66. The third-order valence-electron chi connectivity index (χ3n) is 15.3. The molecule has 308 valence electrons. The van der Waals surface area contributed by atoms with Crippen LogP contribution in [0.4, 0.5) is 0 Å². The smallest absolute Gasteiger partial charge is 0.238 e. The second-order valence-electron chi connectivity index (χ2n) is 18.4. The minimum atomic E-state index is -0.749. The molecule has 0 spiro atoms. The van der Waals surface area contributed by atoms with Crippen LogP contribution in [0.1, 0.15) is 89.7 Å². The molecule has 2 aromatic carbocycles. The fourth-order valence-electron chi connectivity index (χ4n) is 12.3. The Balaban J connectivity index is 1.34. The SMILES string of the molecule is C[C@H](CCCO)C1CCC2C3[C@H](NC(=O)C(N)Cc4ccccc4)CC4C[C@H](NC(=O)[C@@H](N)CN)CCC4(C)[C@H]3CC(NC(=O)[C@@H](N)Cc3ccccc3)C21C. The molecule has 3 amide bonds. The third kappa shape index (κ3) is 8.72. The van der Waals surface area contributed by atoms with Crippen LogP contribution in [0.5, 0.6) is 0 Å². The van der Waals surface area contributed by atoms with Gasteiger partial charge in [-0.15, -0.1) is 0 Å². The average molecular weight is 772 g/mol. The Morgan fingerprint density at radius 1 is 0.768 bits per heavy atom. The first kappa shape index (κ1) is 42.3. The lowest BCUT2D eigenvalue weighted by Crippen LogP contribution is -2.68. The van der Waals surface area contributed by atoms with E-state index >= 15 is 0 Å². The van der Waals surface area contributed by atoms with Crippen LogP contribution in [-0.4, -0.2) is 72.2 Å². The molecule has 0 bridgehead atoms. The standard InChI is InChI=1S/C45H69N7O4/c1-27(11-10-20-53)32-16-17-33-40-34(25-39(45(32,33)3)52-42(55)36(48)22-29-14-8-5-9-15-29)44(2)19-18-31(50-43(56)37(49)26-46)23-30(44)24-38(40)51-41(54)35(47)21-28-12-6-4-7-13-28/h4-9,12-15,27,30-40,53H,10-11,16-26,46-49H2,1-3H3,(H,50,56)(H,51,54)(H,52,55)/t27-,30?,31-,32?,33?,34+,35?,36+,37+,38-,39?,40?,44?,45?/m1/s1. The van der Waals surface area contributed by atoms with E-state index in [0.717, 1.165) is 68.9 Å². The van der Waals surface area contributed by atoms with Crippen LogP contribution in [0, 0.1) is 46.3 Å². The molecule has 4 aliphatic carbocycles. The zero-order chi connectivity index (χ0) is 40.2. The summed E-state index contributed by atoms with van der Waals surface area (Å²) in [7, 11) is 0. The summed E-state index contributed by atoms with van der Waals surface area (Å²) in [6, 6.07) is 17.5. The van der Waals surface area contributed by atoms with Crippen molar-refractivity contribution in [2.45, 2.75) is 128 Å². The molecule has 14 atom stereocenters. The third-order valence-corrected chi connectivity index (χ3v) is 15.3. The van der Waals surface area contributed by atoms with Gasteiger partial charge in [0.05, 0.1) is 18.1 Å². The normalized spacial score (nSPS) is 34.4. The molecule has 0 heterocycles. The number of hydrogen-bond acceptors (Lipinski definition) is 8. The highest BCUT2D eigenvalue weighted by atomic mass is 16.3. The van der Waals surface area contributed by atoms with Crippen molar-refractivity contribution in [3.05, 3.63) is 71.8 Å². The van der Waals surface area contributed by atoms with Crippen LogP contribution in [-0.2, 0) is 27.2 Å². The summed E-state index contributed by atoms with van der Waals surface area (Å²) >= 11 is 0. The molecule has 4 fully saturated rings. The zero-order valence-electron chi connectivity index (χ0n) is 33.9. The lowest BCUT2D eigenvalue weighted by atomic mass is 9.42. The maximum absolute atomic E-state index is 14.2. The molecule has 4 aliphatic rings. The number of nitrogens with two attached hydrogens (primary N) is 4. The number of aliphatic hydroxyl groups is 1. The Hall–Kier alpha value is -3.35. The van der Waals surface area contributed by atoms with Crippen molar-refractivity contribution in [2.75, 3.05) is 13.2 Å². The van der Waals surface area contributed by atoms with E-state index < -0.39 is 18.1 Å². The maximum Gasteiger partial charge on any atom is 0.238 e. The molecule has 12 N–H and O–H groups in total. The molecule has 2 aromatic rings. The van der Waals surface area contributed by atoms with Crippen LogP contribution in [0.3, 0.4) is 0 Å². The number of amides is 3. The van der Waals surface area contributed by atoms with E-state index in [9.17, 15) is 19.5 Å². The van der Waals surface area contributed by atoms with Crippen LogP contribution < -0.4 is 38.9 Å². The number of aliphatic hydroxyl groups excluding tert-OH is 1. The predicted octanol–water partition coefficient (Wildman–Crippen LogP) is 3.15. The van der Waals surface area contributed by atoms with Crippen molar-refractivity contribution in [1.82, 2.24) is 16.0 Å². The molecule has 8 unspecified atom stereocenters. The predicted molar refractivity (Wildman–Crippen MR) is 221 cm³/mol. The molecule has 6 rings (SSSR count). The summed E-state index contributed by atoms with van der Waals surface area (Å²) in [5.41, 5.74) is 26.8. The minimum Gasteiger partial charge on any atom is -0.396 e. The van der Waals surface area contributed by atoms with Gasteiger partial charge >= 0.3 is 0 Å². The van der Waals surface area contributed by atoms with Gasteiger partial charge in [0.2, 0.25) is 17.7 Å². The lowest BCUT2D eigenvalue weighted by Gasteiger charge is -2.65. The van der Waals surface area contributed by atoms with E-state index in [4.69, 9.17) is 22.9 Å². The summed E-state index contributed by atoms with van der Waals surface area (Å²) in [4.78, 5) is 41.2. The van der Waals surface area contributed by atoms with Gasteiger partial charge in [-0.05, 0) is 128 Å². The Morgan fingerprint density at radius 3 is 1.95 bits per heavy atom. The van der Waals surface area contributed by atoms with Crippen molar-refractivity contribution in [3.8, 4) is 0 Å². The quantitative estimate of drug-likeness (QED) is 0.135. The lowest BCUT2D eigenvalue weighted by molar-refractivity contribution is -0.154. The fourth-order valence-corrected chi connectivity index (χ4v) is 12.3. The van der Waals surface area contributed by atoms with E-state index in [2.05, 4.69) is 36.7 Å². The van der Waals surface area contributed by atoms with Crippen LogP contribution in [0.25, 0.3) is 0 Å². The molecule has 0 saturated heterocycles. The van der Waals surface area contributed by atoms with Gasteiger partial charge in [-0.25, -0.2) is 0 Å². The number of benzene rings is 2. The molecular weight excluding hydrogens is 703 g/mol. The van der Waals surface area contributed by atoms with Gasteiger partial charge in [0.15, 0.2) is 0 Å². The van der Waals surface area contributed by atoms with E-state index in [1.807, 2.05) is 60.7 Å². The number of fused-ring (bicyclic) bond motifs is 5. The zero-order valence-corrected chi connectivity index (χ0v) is 33.9. The number of hydrogen-bond donors (Lipinski definition) is 8. The van der Waals surface area contributed by atoms with Gasteiger partial charge < -0.3 is 44.0 Å². The summed E-state index contributed by atoms with van der Waals surface area (Å²) < 4.78 is 0. The minimum absolute atomic E-state index is 0.0324. The van der Waals surface area contributed by atoms with E-state index in [-0.39, 0.29) is 83.5 Å². The Bertz CT molecular complexity index is 1630. The maximum atomic E-state index is 14.2. The number of carbonyl (C=O) groups is 3. The molecule has 11 heteroatoms. The van der Waals surface area contributed by atoms with Crippen molar-refractivity contribution >= 4 is 17.7 Å². The largest absolute Gasteiger partial charge is 0.396 e. The highest BCUT2D eigenvalue weighted by Crippen LogP contribution is 2.68. The first-order valence-corrected chi connectivity index (χ1v) is 21.4. The molecule has 0 radical (unpaired) electrons. The van der Waals surface area contributed by atoms with Crippen molar-refractivity contribution in [3.63, 3.8) is 0 Å². The van der Waals surface area contributed by atoms with Crippen molar-refractivity contribution in [2.24, 2.45) is 69.3 Å². The summed E-state index contributed by atoms with van der Waals surface area (Å²) in [6.45, 7) is 7.38. The van der Waals surface area contributed by atoms with Gasteiger partial charge in [-0.2, -0.15) is 0 Å². The second kappa shape index (κ2) is 18.1. The van der Waals surface area contributed by atoms with Gasteiger partial charge in [-0.3, -0.25) is 14.4 Å². The van der Waals surface area contributed by atoms with Gasteiger partial charge in [0.25, 0.3) is 0 Å². The molecule has 4 saturated carbocycles. The second-order valence-corrected chi connectivity index (χ2v) is 18.4. The van der Waals surface area contributed by atoms with Crippen LogP contribution >= 0.6 is 0 Å². The van der Waals surface area contributed by atoms with E-state index in [1.54, 1.807) is 0 Å². The highest BCUT2D eigenvalue weighted by molar-refractivity contribution is 5.83. The Kier molecular flexibility index (Phi) is 13.6. The monoisotopic (exact) mass is 772 g/mol. The summed E-state index contributed by atoms with van der Waals surface area (Å²) in [6.07, 6.45) is 8.73. The summed E-state index contributed by atoms with van der Waals surface area (Å²) in [5, 5.41) is 20.1. The number of nitrogens with one attached hydrogen (secondary N) is 3. The van der Waals surface area contributed by atoms with Gasteiger partial charge in [0, 0.05) is 31.3 Å². The first-order valence-electron chi connectivity index (χ1n) is 21.4. The first-order chi connectivity index (χ1) is 26.8. The molecule has 11 nitrogen and oxygen atoms in total. The fraction of sp³-hybridized carbons (Fsp3) is 0.667. The number of carbonyl (C=O) groups excluding carboxylic acids is 3. The van der Waals surface area contributed by atoms with Crippen molar-refractivity contribution < 1.29 is 19.5 Å². The molecular formula is C45H69N7O4. The van der Waals surface area contributed by atoms with Crippen LogP contribution in [0.15, 0.2) is 60.7 Å².